The number of rotatable bonds is 9. The maximum absolute atomic E-state index is 10.5. The van der Waals surface area contributed by atoms with Crippen LogP contribution in [0.25, 0.3) is 0 Å². The maximum Gasteiger partial charge on any atom is 0.303 e. The molecule has 2 N–H and O–H groups in total. The Balaban J connectivity index is 2.60. The highest BCUT2D eigenvalue weighted by atomic mass is 16.4. The molecule has 0 saturated heterocycles. The van der Waals surface area contributed by atoms with Crippen molar-refractivity contribution in [3.8, 4) is 0 Å². The Hall–Kier alpha value is -1.85. The van der Waals surface area contributed by atoms with Crippen LogP contribution in [-0.4, -0.2) is 33.1 Å². The Morgan fingerprint density at radius 1 is 1.67 bits per heavy atom. The number of aromatic nitrogens is 2. The molecule has 100 valence electrons. The zero-order valence-electron chi connectivity index (χ0n) is 10.5. The van der Waals surface area contributed by atoms with Gasteiger partial charge < -0.3 is 15.0 Å². The van der Waals surface area contributed by atoms with Crippen molar-refractivity contribution >= 4 is 12.4 Å². The van der Waals surface area contributed by atoms with Gasteiger partial charge in [0.15, 0.2) is 0 Å². The molecule has 0 fully saturated rings. The quantitative estimate of drug-likeness (QED) is 0.638. The molecule has 0 aliphatic carbocycles. The lowest BCUT2D eigenvalue weighted by atomic mass is 10.1. The lowest BCUT2D eigenvalue weighted by Gasteiger charge is -2.16. The lowest BCUT2D eigenvalue weighted by molar-refractivity contribution is -0.137. The molecule has 1 aromatic heterocycles. The van der Waals surface area contributed by atoms with Gasteiger partial charge in [-0.3, -0.25) is 9.59 Å². The highest BCUT2D eigenvalue weighted by Crippen LogP contribution is 2.08. The number of aryl methyl sites for hydroxylation is 1. The molecule has 1 amide bonds. The van der Waals surface area contributed by atoms with Gasteiger partial charge in [0, 0.05) is 37.3 Å². The molecule has 0 aliphatic rings. The third-order valence-corrected chi connectivity index (χ3v) is 2.73. The van der Waals surface area contributed by atoms with Crippen molar-refractivity contribution < 1.29 is 14.7 Å². The smallest absolute Gasteiger partial charge is 0.303 e. The van der Waals surface area contributed by atoms with E-state index in [9.17, 15) is 9.59 Å². The molecule has 6 nitrogen and oxygen atoms in total. The van der Waals surface area contributed by atoms with Crippen molar-refractivity contribution in [3.63, 3.8) is 0 Å². The van der Waals surface area contributed by atoms with E-state index in [0.717, 1.165) is 18.7 Å². The van der Waals surface area contributed by atoms with Crippen molar-refractivity contribution in [2.24, 2.45) is 0 Å². The van der Waals surface area contributed by atoms with Crippen LogP contribution in [0.15, 0.2) is 12.5 Å². The summed E-state index contributed by atoms with van der Waals surface area (Å²) in [6.07, 6.45) is 6.21. The highest BCUT2D eigenvalue weighted by Gasteiger charge is 2.13. The van der Waals surface area contributed by atoms with Gasteiger partial charge in [-0.15, -0.1) is 0 Å². The fraction of sp³-hybridized carbons (Fsp3) is 0.583. The first-order chi connectivity index (χ1) is 8.67. The normalized spacial score (nSPS) is 12.1. The predicted octanol–water partition coefficient (Wildman–Crippen LogP) is 0.815. The summed E-state index contributed by atoms with van der Waals surface area (Å²) in [5, 5.41) is 11.3. The van der Waals surface area contributed by atoms with Crippen LogP contribution in [0.1, 0.15) is 31.9 Å². The zero-order valence-corrected chi connectivity index (χ0v) is 10.5. The number of aliphatic carboxylic acids is 1. The van der Waals surface area contributed by atoms with E-state index in [4.69, 9.17) is 5.11 Å². The summed E-state index contributed by atoms with van der Waals surface area (Å²) in [5.74, 6) is -0.852. The summed E-state index contributed by atoms with van der Waals surface area (Å²) in [7, 11) is 0. The van der Waals surface area contributed by atoms with Crippen molar-refractivity contribution in [3.05, 3.63) is 18.2 Å². The van der Waals surface area contributed by atoms with Crippen LogP contribution in [0.2, 0.25) is 0 Å². The van der Waals surface area contributed by atoms with Gasteiger partial charge in [-0.1, -0.05) is 6.92 Å². The van der Waals surface area contributed by atoms with Crippen LogP contribution in [-0.2, 0) is 22.6 Å². The van der Waals surface area contributed by atoms with E-state index in [1.807, 2.05) is 4.57 Å². The maximum atomic E-state index is 10.5. The molecule has 1 unspecified atom stereocenters. The number of hydrogen-bond acceptors (Lipinski definition) is 3. The first kappa shape index (κ1) is 14.2. The van der Waals surface area contributed by atoms with Gasteiger partial charge in [-0.05, 0) is 12.8 Å². The van der Waals surface area contributed by atoms with E-state index >= 15 is 0 Å². The minimum Gasteiger partial charge on any atom is -0.481 e. The second-order valence-electron chi connectivity index (χ2n) is 4.20. The number of carbonyl (C=O) groups excluding carboxylic acids is 1. The Bertz CT molecular complexity index is 390. The number of carboxylic acid groups (broad SMARTS) is 1. The minimum atomic E-state index is -0.852. The van der Waals surface area contributed by atoms with Gasteiger partial charge in [-0.2, -0.15) is 0 Å². The number of nitrogens with one attached hydrogen (secondary N) is 1. The molecule has 0 radical (unpaired) electrons. The van der Waals surface area contributed by atoms with Gasteiger partial charge in [0.25, 0.3) is 0 Å². The van der Waals surface area contributed by atoms with Gasteiger partial charge in [0.2, 0.25) is 6.41 Å². The Morgan fingerprint density at radius 2 is 2.44 bits per heavy atom. The molecule has 1 aromatic rings. The lowest BCUT2D eigenvalue weighted by Crippen LogP contribution is -2.31. The van der Waals surface area contributed by atoms with E-state index in [-0.39, 0.29) is 12.5 Å². The van der Waals surface area contributed by atoms with Crippen LogP contribution in [0.4, 0.5) is 0 Å². The van der Waals surface area contributed by atoms with Crippen molar-refractivity contribution in [2.75, 3.05) is 0 Å². The Morgan fingerprint density at radius 3 is 3.06 bits per heavy atom. The molecule has 0 bridgehead atoms. The monoisotopic (exact) mass is 253 g/mol. The third-order valence-electron chi connectivity index (χ3n) is 2.73. The summed E-state index contributed by atoms with van der Waals surface area (Å²) in [4.78, 5) is 25.1. The molecule has 0 saturated carbocycles. The number of carbonyl (C=O) groups is 2. The van der Waals surface area contributed by atoms with Crippen LogP contribution in [0.3, 0.4) is 0 Å². The Labute approximate surface area is 106 Å². The van der Waals surface area contributed by atoms with E-state index in [0.29, 0.717) is 19.3 Å². The predicted molar refractivity (Wildman–Crippen MR) is 66.1 cm³/mol. The van der Waals surface area contributed by atoms with Crippen LogP contribution >= 0.6 is 0 Å². The van der Waals surface area contributed by atoms with Crippen molar-refractivity contribution in [1.29, 1.82) is 0 Å². The summed E-state index contributed by atoms with van der Waals surface area (Å²) in [6, 6.07) is -0.161. The van der Waals surface area contributed by atoms with Crippen LogP contribution in [0, 0.1) is 0 Å². The second kappa shape index (κ2) is 7.47. The SMILES string of the molecule is CCCn1cncc1CC(CCC(=O)O)NC=O. The van der Waals surface area contributed by atoms with Gasteiger partial charge >= 0.3 is 5.97 Å². The third kappa shape index (κ3) is 4.57. The van der Waals surface area contributed by atoms with E-state index < -0.39 is 5.97 Å². The number of amides is 1. The summed E-state index contributed by atoms with van der Waals surface area (Å²) in [6.45, 7) is 2.96. The molecule has 6 heteroatoms. The van der Waals surface area contributed by atoms with E-state index in [1.54, 1.807) is 12.5 Å². The fourth-order valence-corrected chi connectivity index (χ4v) is 1.85. The molecule has 0 aliphatic heterocycles. The number of carboxylic acids is 1. The summed E-state index contributed by atoms with van der Waals surface area (Å²) >= 11 is 0. The van der Waals surface area contributed by atoms with Crippen molar-refractivity contribution in [2.45, 2.75) is 45.2 Å². The van der Waals surface area contributed by atoms with Crippen LogP contribution < -0.4 is 5.32 Å². The van der Waals surface area contributed by atoms with Crippen LogP contribution in [0.5, 0.6) is 0 Å². The average Bonchev–Trinajstić information content (AvgIpc) is 2.74. The molecular weight excluding hydrogens is 234 g/mol. The Kier molecular flexibility index (Phi) is 5.90. The minimum absolute atomic E-state index is 0.0490. The topological polar surface area (TPSA) is 84.2 Å². The van der Waals surface area contributed by atoms with Gasteiger partial charge in [0.1, 0.15) is 0 Å². The number of hydrogen-bond donors (Lipinski definition) is 2. The summed E-state index contributed by atoms with van der Waals surface area (Å²) < 4.78 is 2.03. The first-order valence-electron chi connectivity index (χ1n) is 6.07. The molecule has 1 heterocycles. The second-order valence-corrected chi connectivity index (χ2v) is 4.20. The first-order valence-corrected chi connectivity index (χ1v) is 6.07. The molecule has 18 heavy (non-hydrogen) atoms. The van der Waals surface area contributed by atoms with Gasteiger partial charge in [-0.25, -0.2) is 4.98 Å². The standard InChI is InChI=1S/C12H19N3O3/c1-2-5-15-8-13-7-11(15)6-10(14-9-16)3-4-12(17)18/h7-10H,2-6H2,1H3,(H,14,16)(H,17,18). The zero-order chi connectivity index (χ0) is 13.4. The average molecular weight is 253 g/mol. The van der Waals surface area contributed by atoms with E-state index in [1.165, 1.54) is 0 Å². The van der Waals surface area contributed by atoms with Gasteiger partial charge in [0.05, 0.1) is 6.33 Å². The molecule has 0 spiro atoms. The largest absolute Gasteiger partial charge is 0.481 e. The molecular formula is C12H19N3O3. The fourth-order valence-electron chi connectivity index (χ4n) is 1.85. The number of nitrogens with zero attached hydrogens (tertiary/aromatic N) is 2. The highest BCUT2D eigenvalue weighted by molar-refractivity contribution is 5.66. The molecule has 1 atom stereocenters. The molecule has 0 aromatic carbocycles. The summed E-state index contributed by atoms with van der Waals surface area (Å²) in [5.41, 5.74) is 1.02. The number of imidazole rings is 1. The molecule has 1 rings (SSSR count). The van der Waals surface area contributed by atoms with E-state index in [2.05, 4.69) is 17.2 Å². The van der Waals surface area contributed by atoms with Crippen molar-refractivity contribution in [1.82, 2.24) is 14.9 Å².